The Morgan fingerprint density at radius 2 is 1.92 bits per heavy atom. The van der Waals surface area contributed by atoms with Crippen LogP contribution in [0.2, 0.25) is 0 Å². The van der Waals surface area contributed by atoms with Crippen LogP contribution in [0.15, 0.2) is 0 Å². The van der Waals surface area contributed by atoms with Gasteiger partial charge in [0.1, 0.15) is 6.61 Å². The number of ether oxygens (including phenoxy) is 2. The average Bonchev–Trinajstić information content (AvgIpc) is 2.63. The zero-order valence-corrected chi connectivity index (χ0v) is 14.9. The molecular formula is C17H32N4O3. The molecule has 0 aromatic rings. The standard InChI is InChI=1S/C17H32N4O3/c1-19-5-2-16(3-6-19)20-7-9-21(10-8-20)17(22)14-24-13-15-12-23-11-4-18-15/h15-16,18H,2-14H2,1H3. The number of hydrogen-bond acceptors (Lipinski definition) is 6. The minimum Gasteiger partial charge on any atom is -0.378 e. The van der Waals surface area contributed by atoms with Crippen molar-refractivity contribution in [3.8, 4) is 0 Å². The van der Waals surface area contributed by atoms with Gasteiger partial charge < -0.3 is 24.6 Å². The molecule has 1 atom stereocenters. The Morgan fingerprint density at radius 3 is 2.58 bits per heavy atom. The highest BCUT2D eigenvalue weighted by molar-refractivity contribution is 5.77. The van der Waals surface area contributed by atoms with Crippen LogP contribution in [0, 0.1) is 0 Å². The van der Waals surface area contributed by atoms with E-state index >= 15 is 0 Å². The maximum atomic E-state index is 12.3. The van der Waals surface area contributed by atoms with Gasteiger partial charge in [0.2, 0.25) is 5.91 Å². The minimum atomic E-state index is 0.120. The number of likely N-dealkylation sites (tertiary alicyclic amines) is 1. The average molecular weight is 340 g/mol. The van der Waals surface area contributed by atoms with Crippen LogP contribution in [0.3, 0.4) is 0 Å². The molecule has 3 aliphatic heterocycles. The van der Waals surface area contributed by atoms with E-state index in [2.05, 4.69) is 22.2 Å². The topological polar surface area (TPSA) is 57.3 Å². The third-order valence-electron chi connectivity index (χ3n) is 5.41. The molecule has 24 heavy (non-hydrogen) atoms. The van der Waals surface area contributed by atoms with E-state index in [0.717, 1.165) is 39.3 Å². The van der Waals surface area contributed by atoms with Crippen molar-refractivity contribution < 1.29 is 14.3 Å². The van der Waals surface area contributed by atoms with Crippen LogP contribution in [-0.2, 0) is 14.3 Å². The number of amides is 1. The first kappa shape index (κ1) is 18.1. The van der Waals surface area contributed by atoms with Gasteiger partial charge in [0.05, 0.1) is 25.9 Å². The molecule has 0 radical (unpaired) electrons. The number of carbonyl (C=O) groups excluding carboxylic acids is 1. The Labute approximate surface area is 145 Å². The summed E-state index contributed by atoms with van der Waals surface area (Å²) < 4.78 is 11.0. The molecule has 0 bridgehead atoms. The lowest BCUT2D eigenvalue weighted by molar-refractivity contribution is -0.139. The van der Waals surface area contributed by atoms with Gasteiger partial charge in [0, 0.05) is 38.8 Å². The lowest BCUT2D eigenvalue weighted by Gasteiger charge is -2.42. The molecule has 3 saturated heterocycles. The Bertz CT molecular complexity index is 387. The lowest BCUT2D eigenvalue weighted by Crippen LogP contribution is -2.54. The molecule has 1 amide bonds. The van der Waals surface area contributed by atoms with E-state index in [4.69, 9.17) is 9.47 Å². The number of hydrogen-bond donors (Lipinski definition) is 1. The van der Waals surface area contributed by atoms with Gasteiger partial charge in [-0.1, -0.05) is 0 Å². The Morgan fingerprint density at radius 1 is 1.17 bits per heavy atom. The maximum Gasteiger partial charge on any atom is 0.248 e. The second-order valence-electron chi connectivity index (χ2n) is 7.19. The smallest absolute Gasteiger partial charge is 0.248 e. The van der Waals surface area contributed by atoms with E-state index in [-0.39, 0.29) is 18.6 Å². The van der Waals surface area contributed by atoms with E-state index in [9.17, 15) is 4.79 Å². The predicted octanol–water partition coefficient (Wildman–Crippen LogP) is -0.770. The van der Waals surface area contributed by atoms with Crippen molar-refractivity contribution in [3.05, 3.63) is 0 Å². The highest BCUT2D eigenvalue weighted by Gasteiger charge is 2.28. The molecule has 0 aromatic carbocycles. The molecule has 0 aliphatic carbocycles. The Hall–Kier alpha value is -0.730. The second-order valence-corrected chi connectivity index (χ2v) is 7.19. The van der Waals surface area contributed by atoms with Crippen molar-refractivity contribution in [3.63, 3.8) is 0 Å². The van der Waals surface area contributed by atoms with Gasteiger partial charge in [-0.05, 0) is 33.0 Å². The Balaban J connectivity index is 1.31. The van der Waals surface area contributed by atoms with Crippen molar-refractivity contribution in [1.29, 1.82) is 0 Å². The first-order chi connectivity index (χ1) is 11.7. The summed E-state index contributed by atoms with van der Waals surface area (Å²) in [6, 6.07) is 0.917. The summed E-state index contributed by atoms with van der Waals surface area (Å²) >= 11 is 0. The Kier molecular flexibility index (Phi) is 6.85. The molecule has 0 saturated carbocycles. The first-order valence-corrected chi connectivity index (χ1v) is 9.31. The van der Waals surface area contributed by atoms with Gasteiger partial charge >= 0.3 is 0 Å². The van der Waals surface area contributed by atoms with E-state index in [1.54, 1.807) is 0 Å². The second kappa shape index (κ2) is 9.10. The van der Waals surface area contributed by atoms with E-state index in [1.165, 1.54) is 25.9 Å². The molecule has 3 fully saturated rings. The normalized spacial score (nSPS) is 28.2. The van der Waals surface area contributed by atoms with E-state index in [1.807, 2.05) is 4.90 Å². The molecule has 1 unspecified atom stereocenters. The number of nitrogens with one attached hydrogen (secondary N) is 1. The fourth-order valence-electron chi connectivity index (χ4n) is 3.80. The molecular weight excluding hydrogens is 308 g/mol. The zero-order valence-electron chi connectivity index (χ0n) is 14.9. The zero-order chi connectivity index (χ0) is 16.8. The monoisotopic (exact) mass is 340 g/mol. The predicted molar refractivity (Wildman–Crippen MR) is 92.1 cm³/mol. The summed E-state index contributed by atoms with van der Waals surface area (Å²) in [6.45, 7) is 9.07. The quantitative estimate of drug-likeness (QED) is 0.709. The first-order valence-electron chi connectivity index (χ1n) is 9.31. The van der Waals surface area contributed by atoms with Crippen LogP contribution in [0.1, 0.15) is 12.8 Å². The molecule has 3 rings (SSSR count). The van der Waals surface area contributed by atoms with Crippen molar-refractivity contribution in [1.82, 2.24) is 20.0 Å². The van der Waals surface area contributed by atoms with Gasteiger partial charge in [0.15, 0.2) is 0 Å². The van der Waals surface area contributed by atoms with Crippen molar-refractivity contribution in [2.75, 3.05) is 79.3 Å². The fraction of sp³-hybridized carbons (Fsp3) is 0.941. The summed E-state index contributed by atoms with van der Waals surface area (Å²) in [5.41, 5.74) is 0. The van der Waals surface area contributed by atoms with Crippen molar-refractivity contribution >= 4 is 5.91 Å². The summed E-state index contributed by atoms with van der Waals surface area (Å²) in [4.78, 5) is 19.2. The van der Waals surface area contributed by atoms with Gasteiger partial charge in [-0.15, -0.1) is 0 Å². The van der Waals surface area contributed by atoms with Gasteiger partial charge in [-0.2, -0.15) is 0 Å². The van der Waals surface area contributed by atoms with Gasteiger partial charge in [0.25, 0.3) is 0 Å². The van der Waals surface area contributed by atoms with Crippen molar-refractivity contribution in [2.45, 2.75) is 24.9 Å². The summed E-state index contributed by atoms with van der Waals surface area (Å²) in [7, 11) is 2.20. The van der Waals surface area contributed by atoms with Gasteiger partial charge in [-0.25, -0.2) is 0 Å². The number of piperidine rings is 1. The molecule has 0 aromatic heterocycles. The molecule has 1 N–H and O–H groups in total. The summed E-state index contributed by atoms with van der Waals surface area (Å²) in [5.74, 6) is 0.120. The molecule has 7 nitrogen and oxygen atoms in total. The number of rotatable bonds is 5. The largest absolute Gasteiger partial charge is 0.378 e. The summed E-state index contributed by atoms with van der Waals surface area (Å²) in [5, 5.41) is 3.33. The lowest BCUT2D eigenvalue weighted by atomic mass is 10.0. The number of carbonyl (C=O) groups is 1. The number of morpholine rings is 1. The van der Waals surface area contributed by atoms with E-state index < -0.39 is 0 Å². The maximum absolute atomic E-state index is 12.3. The van der Waals surface area contributed by atoms with Crippen LogP contribution in [0.5, 0.6) is 0 Å². The molecule has 138 valence electrons. The number of piperazine rings is 1. The summed E-state index contributed by atoms with van der Waals surface area (Å²) in [6.07, 6.45) is 2.51. The van der Waals surface area contributed by atoms with Crippen LogP contribution in [0.4, 0.5) is 0 Å². The third kappa shape index (κ3) is 5.13. The van der Waals surface area contributed by atoms with Crippen LogP contribution in [-0.4, -0.2) is 112 Å². The highest BCUT2D eigenvalue weighted by Crippen LogP contribution is 2.17. The number of nitrogens with zero attached hydrogens (tertiary/aromatic N) is 3. The highest BCUT2D eigenvalue weighted by atomic mass is 16.5. The van der Waals surface area contributed by atoms with E-state index in [0.29, 0.717) is 19.3 Å². The minimum absolute atomic E-state index is 0.120. The van der Waals surface area contributed by atoms with Crippen LogP contribution in [0.25, 0.3) is 0 Å². The van der Waals surface area contributed by atoms with Gasteiger partial charge in [-0.3, -0.25) is 9.69 Å². The molecule has 3 aliphatic rings. The third-order valence-corrected chi connectivity index (χ3v) is 5.41. The molecule has 7 heteroatoms. The van der Waals surface area contributed by atoms with Crippen LogP contribution < -0.4 is 5.32 Å². The molecule has 3 heterocycles. The SMILES string of the molecule is CN1CCC(N2CCN(C(=O)COCC3COCCN3)CC2)CC1. The molecule has 0 spiro atoms. The van der Waals surface area contributed by atoms with Crippen LogP contribution >= 0.6 is 0 Å². The fourth-order valence-corrected chi connectivity index (χ4v) is 3.80. The van der Waals surface area contributed by atoms with Crippen molar-refractivity contribution in [2.24, 2.45) is 0 Å².